The predicted octanol–water partition coefficient (Wildman–Crippen LogP) is 4.94. The van der Waals surface area contributed by atoms with Gasteiger partial charge in [0.25, 0.3) is 0 Å². The maximum absolute atomic E-state index is 12.3. The molecule has 1 saturated heterocycles. The van der Waals surface area contributed by atoms with E-state index in [9.17, 15) is 4.79 Å². The first kappa shape index (κ1) is 22.0. The van der Waals surface area contributed by atoms with Crippen LogP contribution in [-0.4, -0.2) is 29.8 Å². The van der Waals surface area contributed by atoms with Crippen molar-refractivity contribution in [1.29, 1.82) is 0 Å². The Labute approximate surface area is 191 Å². The second-order valence-corrected chi connectivity index (χ2v) is 8.40. The summed E-state index contributed by atoms with van der Waals surface area (Å²) in [6.07, 6.45) is 5.12. The third-order valence-corrected chi connectivity index (χ3v) is 6.07. The van der Waals surface area contributed by atoms with Crippen LogP contribution in [0.15, 0.2) is 48.5 Å². The van der Waals surface area contributed by atoms with Crippen LogP contribution in [0.25, 0.3) is 6.08 Å². The molecule has 4 rings (SSSR count). The highest BCUT2D eigenvalue weighted by atomic mass is 32.1. The topological polar surface area (TPSA) is 82.6 Å². The van der Waals surface area contributed by atoms with Gasteiger partial charge >= 0.3 is 0 Å². The van der Waals surface area contributed by atoms with Crippen molar-refractivity contribution < 1.29 is 19.0 Å². The smallest absolute Gasteiger partial charge is 0.250 e. The number of aryl methyl sites for hydroxylation is 1. The van der Waals surface area contributed by atoms with E-state index in [1.807, 2.05) is 36.4 Å². The summed E-state index contributed by atoms with van der Waals surface area (Å²) in [5.41, 5.74) is 3.11. The van der Waals surface area contributed by atoms with Crippen LogP contribution in [0.1, 0.15) is 40.6 Å². The SMILES string of the molecule is COc1cc(C=CC(=O)Nc2nnc(C3CCCO3)s2)ccc1OCc1ccccc1C. The van der Waals surface area contributed by atoms with Gasteiger partial charge in [0.05, 0.1) is 7.11 Å². The average molecular weight is 452 g/mol. The third-order valence-electron chi connectivity index (χ3n) is 5.14. The summed E-state index contributed by atoms with van der Waals surface area (Å²) in [5, 5.41) is 12.2. The van der Waals surface area contributed by atoms with E-state index >= 15 is 0 Å². The molecule has 0 bridgehead atoms. The molecule has 1 fully saturated rings. The number of carbonyl (C=O) groups excluding carboxylic acids is 1. The summed E-state index contributed by atoms with van der Waals surface area (Å²) < 4.78 is 17.0. The monoisotopic (exact) mass is 451 g/mol. The van der Waals surface area contributed by atoms with Gasteiger partial charge in [-0.2, -0.15) is 0 Å². The minimum absolute atomic E-state index is 0.00676. The van der Waals surface area contributed by atoms with E-state index in [1.165, 1.54) is 23.0 Å². The summed E-state index contributed by atoms with van der Waals surface area (Å²) in [7, 11) is 1.59. The summed E-state index contributed by atoms with van der Waals surface area (Å²) in [5.74, 6) is 0.971. The first-order valence-corrected chi connectivity index (χ1v) is 11.2. The number of amides is 1. The molecule has 1 N–H and O–H groups in total. The van der Waals surface area contributed by atoms with Gasteiger partial charge in [0, 0.05) is 12.7 Å². The molecule has 2 heterocycles. The Kier molecular flexibility index (Phi) is 7.14. The standard InChI is InChI=1S/C24H25N3O4S/c1-16-6-3-4-7-18(16)15-31-19-11-9-17(14-21(19)29-2)10-12-22(28)25-24-27-26-23(32-24)20-8-5-13-30-20/h3-4,6-7,9-12,14,20H,5,8,13,15H2,1-2H3,(H,25,27,28). The number of nitrogens with one attached hydrogen (secondary N) is 1. The molecule has 1 unspecified atom stereocenters. The van der Waals surface area contributed by atoms with E-state index in [2.05, 4.69) is 28.5 Å². The molecule has 1 aliphatic rings. The van der Waals surface area contributed by atoms with Gasteiger partial charge in [-0.1, -0.05) is 41.7 Å². The van der Waals surface area contributed by atoms with E-state index in [0.29, 0.717) is 23.2 Å². The fraction of sp³-hybridized carbons (Fsp3) is 0.292. The van der Waals surface area contributed by atoms with Gasteiger partial charge in [-0.05, 0) is 54.7 Å². The zero-order valence-corrected chi connectivity index (χ0v) is 18.9. The minimum atomic E-state index is -0.279. The number of benzene rings is 2. The van der Waals surface area contributed by atoms with E-state index < -0.39 is 0 Å². The Morgan fingerprint density at radius 3 is 2.91 bits per heavy atom. The summed E-state index contributed by atoms with van der Waals surface area (Å²) in [6.45, 7) is 3.25. The summed E-state index contributed by atoms with van der Waals surface area (Å²) >= 11 is 1.34. The zero-order valence-electron chi connectivity index (χ0n) is 18.0. The zero-order chi connectivity index (χ0) is 22.3. The molecular formula is C24H25N3O4S. The first-order valence-electron chi connectivity index (χ1n) is 10.4. The van der Waals surface area contributed by atoms with E-state index in [0.717, 1.165) is 35.6 Å². The van der Waals surface area contributed by atoms with Crippen molar-refractivity contribution in [2.24, 2.45) is 0 Å². The van der Waals surface area contributed by atoms with Crippen molar-refractivity contribution in [2.45, 2.75) is 32.5 Å². The number of anilines is 1. The molecule has 0 radical (unpaired) electrons. The molecule has 1 atom stereocenters. The van der Waals surface area contributed by atoms with Crippen LogP contribution in [0.2, 0.25) is 0 Å². The number of nitrogens with zero attached hydrogens (tertiary/aromatic N) is 2. The number of carbonyl (C=O) groups is 1. The number of aromatic nitrogens is 2. The van der Waals surface area contributed by atoms with Gasteiger partial charge in [-0.15, -0.1) is 10.2 Å². The van der Waals surface area contributed by atoms with Crippen LogP contribution in [0, 0.1) is 6.92 Å². The molecule has 0 saturated carbocycles. The van der Waals surface area contributed by atoms with Gasteiger partial charge in [-0.3, -0.25) is 10.1 Å². The van der Waals surface area contributed by atoms with E-state index in [-0.39, 0.29) is 12.0 Å². The highest BCUT2D eigenvalue weighted by molar-refractivity contribution is 7.15. The number of rotatable bonds is 8. The van der Waals surface area contributed by atoms with Gasteiger partial charge in [0.1, 0.15) is 17.7 Å². The molecule has 2 aromatic carbocycles. The number of hydrogen-bond donors (Lipinski definition) is 1. The van der Waals surface area contributed by atoms with Crippen molar-refractivity contribution >= 4 is 28.5 Å². The van der Waals surface area contributed by atoms with Gasteiger partial charge in [-0.25, -0.2) is 0 Å². The lowest BCUT2D eigenvalue weighted by atomic mass is 10.1. The second kappa shape index (κ2) is 10.4. The molecule has 32 heavy (non-hydrogen) atoms. The Morgan fingerprint density at radius 2 is 2.12 bits per heavy atom. The quantitative estimate of drug-likeness (QED) is 0.489. The maximum Gasteiger partial charge on any atom is 0.250 e. The highest BCUT2D eigenvalue weighted by Gasteiger charge is 2.22. The number of methoxy groups -OCH3 is 1. The van der Waals surface area contributed by atoms with Crippen LogP contribution in [0.4, 0.5) is 5.13 Å². The van der Waals surface area contributed by atoms with Crippen molar-refractivity contribution in [3.8, 4) is 11.5 Å². The van der Waals surface area contributed by atoms with Gasteiger partial charge < -0.3 is 14.2 Å². The molecule has 1 aliphatic heterocycles. The van der Waals surface area contributed by atoms with Crippen molar-refractivity contribution in [3.63, 3.8) is 0 Å². The van der Waals surface area contributed by atoms with Crippen LogP contribution >= 0.6 is 11.3 Å². The molecule has 1 amide bonds. The van der Waals surface area contributed by atoms with Gasteiger partial charge in [0.2, 0.25) is 11.0 Å². The lowest BCUT2D eigenvalue weighted by Gasteiger charge is -2.12. The summed E-state index contributed by atoms with van der Waals surface area (Å²) in [6, 6.07) is 13.6. The minimum Gasteiger partial charge on any atom is -0.493 e. The van der Waals surface area contributed by atoms with Crippen molar-refractivity contribution in [3.05, 3.63) is 70.2 Å². The second-order valence-electron chi connectivity index (χ2n) is 7.40. The van der Waals surface area contributed by atoms with Crippen LogP contribution < -0.4 is 14.8 Å². The summed E-state index contributed by atoms with van der Waals surface area (Å²) in [4.78, 5) is 12.3. The van der Waals surface area contributed by atoms with E-state index in [4.69, 9.17) is 14.2 Å². The van der Waals surface area contributed by atoms with Crippen LogP contribution in [0.5, 0.6) is 11.5 Å². The molecule has 7 nitrogen and oxygen atoms in total. The fourth-order valence-electron chi connectivity index (χ4n) is 3.34. The molecule has 8 heteroatoms. The average Bonchev–Trinajstić information content (AvgIpc) is 3.49. The van der Waals surface area contributed by atoms with E-state index in [1.54, 1.807) is 13.2 Å². The molecule has 0 aliphatic carbocycles. The number of ether oxygens (including phenoxy) is 3. The molecular weight excluding hydrogens is 426 g/mol. The lowest BCUT2D eigenvalue weighted by molar-refractivity contribution is -0.111. The third kappa shape index (κ3) is 5.52. The Morgan fingerprint density at radius 1 is 1.25 bits per heavy atom. The fourth-order valence-corrected chi connectivity index (χ4v) is 4.17. The Balaban J connectivity index is 1.36. The molecule has 1 aromatic heterocycles. The molecule has 0 spiro atoms. The predicted molar refractivity (Wildman–Crippen MR) is 124 cm³/mol. The van der Waals surface area contributed by atoms with Crippen molar-refractivity contribution in [2.75, 3.05) is 19.0 Å². The molecule has 3 aromatic rings. The highest BCUT2D eigenvalue weighted by Crippen LogP contribution is 2.32. The normalized spacial score (nSPS) is 15.8. The Bertz CT molecular complexity index is 1110. The number of hydrogen-bond acceptors (Lipinski definition) is 7. The van der Waals surface area contributed by atoms with Crippen LogP contribution in [0.3, 0.4) is 0 Å². The van der Waals surface area contributed by atoms with Crippen LogP contribution in [-0.2, 0) is 16.1 Å². The lowest BCUT2D eigenvalue weighted by Crippen LogP contribution is -2.07. The molecule has 166 valence electrons. The van der Waals surface area contributed by atoms with Gasteiger partial charge in [0.15, 0.2) is 11.5 Å². The largest absolute Gasteiger partial charge is 0.493 e. The van der Waals surface area contributed by atoms with Crippen molar-refractivity contribution in [1.82, 2.24) is 10.2 Å². The maximum atomic E-state index is 12.3. The Hall–Kier alpha value is -3.23. The first-order chi connectivity index (χ1) is 15.6.